The molecule has 0 aliphatic heterocycles. The summed E-state index contributed by atoms with van der Waals surface area (Å²) in [7, 11) is 0. The van der Waals surface area contributed by atoms with Crippen molar-refractivity contribution in [1.82, 2.24) is 4.90 Å². The first kappa shape index (κ1) is 14.6. The molecule has 1 aromatic carbocycles. The van der Waals surface area contributed by atoms with Gasteiger partial charge in [-0.3, -0.25) is 9.69 Å². The summed E-state index contributed by atoms with van der Waals surface area (Å²) in [6.45, 7) is 5.87. The maximum Gasteiger partial charge on any atom is 0.317 e. The molecule has 4 heteroatoms. The van der Waals surface area contributed by atoms with Crippen LogP contribution in [0.5, 0.6) is 0 Å². The maximum absolute atomic E-state index is 13.2. The lowest BCUT2D eigenvalue weighted by atomic mass is 10.0. The van der Waals surface area contributed by atoms with Crippen molar-refractivity contribution in [3.05, 3.63) is 35.6 Å². The molecule has 0 saturated carbocycles. The van der Waals surface area contributed by atoms with Crippen LogP contribution in [0.25, 0.3) is 0 Å². The fourth-order valence-corrected chi connectivity index (χ4v) is 2.02. The molecule has 2 unspecified atom stereocenters. The summed E-state index contributed by atoms with van der Waals surface area (Å²) in [4.78, 5) is 12.8. The largest absolute Gasteiger partial charge is 0.480 e. The van der Waals surface area contributed by atoms with Gasteiger partial charge in [0.2, 0.25) is 0 Å². The zero-order valence-corrected chi connectivity index (χ0v) is 11.1. The molecule has 0 bridgehead atoms. The van der Waals surface area contributed by atoms with Crippen molar-refractivity contribution >= 4 is 5.97 Å². The number of rotatable bonds is 6. The van der Waals surface area contributed by atoms with Crippen molar-refractivity contribution in [2.24, 2.45) is 0 Å². The Morgan fingerprint density at radius 3 is 2.61 bits per heavy atom. The summed E-state index contributed by atoms with van der Waals surface area (Å²) >= 11 is 0. The minimum atomic E-state index is -0.862. The average Bonchev–Trinajstić information content (AvgIpc) is 2.34. The average molecular weight is 253 g/mol. The number of carbonyl (C=O) groups is 1. The lowest BCUT2D eigenvalue weighted by Crippen LogP contribution is -2.39. The van der Waals surface area contributed by atoms with E-state index in [1.54, 1.807) is 6.07 Å². The monoisotopic (exact) mass is 253 g/mol. The van der Waals surface area contributed by atoms with Gasteiger partial charge in [0.1, 0.15) is 5.82 Å². The first-order valence-corrected chi connectivity index (χ1v) is 6.18. The summed E-state index contributed by atoms with van der Waals surface area (Å²) in [6, 6.07) is 6.34. The fraction of sp³-hybridized carbons (Fsp3) is 0.500. The predicted octanol–water partition coefficient (Wildman–Crippen LogP) is 3.07. The minimum Gasteiger partial charge on any atom is -0.480 e. The van der Waals surface area contributed by atoms with Gasteiger partial charge < -0.3 is 5.11 Å². The molecule has 1 rings (SSSR count). The van der Waals surface area contributed by atoms with Gasteiger partial charge >= 0.3 is 5.97 Å². The molecule has 0 amide bonds. The lowest BCUT2D eigenvalue weighted by Gasteiger charge is -2.33. The van der Waals surface area contributed by atoms with E-state index in [9.17, 15) is 9.18 Å². The molecule has 18 heavy (non-hydrogen) atoms. The van der Waals surface area contributed by atoms with E-state index in [-0.39, 0.29) is 24.4 Å². The second-order valence-electron chi connectivity index (χ2n) is 4.55. The molecule has 0 fully saturated rings. The van der Waals surface area contributed by atoms with E-state index in [0.717, 1.165) is 12.0 Å². The Bertz CT molecular complexity index is 409. The van der Waals surface area contributed by atoms with Crippen molar-refractivity contribution in [3.63, 3.8) is 0 Å². The van der Waals surface area contributed by atoms with E-state index in [1.165, 1.54) is 12.1 Å². The Hall–Kier alpha value is -1.42. The molecule has 0 aliphatic rings. The highest BCUT2D eigenvalue weighted by molar-refractivity contribution is 5.69. The first-order valence-electron chi connectivity index (χ1n) is 6.18. The Morgan fingerprint density at radius 1 is 1.44 bits per heavy atom. The third kappa shape index (κ3) is 3.81. The molecule has 2 atom stereocenters. The van der Waals surface area contributed by atoms with Crippen molar-refractivity contribution in [1.29, 1.82) is 0 Å². The van der Waals surface area contributed by atoms with Gasteiger partial charge in [-0.15, -0.1) is 0 Å². The molecule has 0 spiro atoms. The normalized spacial score (nSPS) is 14.5. The molecule has 1 aromatic rings. The van der Waals surface area contributed by atoms with E-state index in [4.69, 9.17) is 5.11 Å². The summed E-state index contributed by atoms with van der Waals surface area (Å²) in [5.74, 6) is -1.16. The predicted molar refractivity (Wildman–Crippen MR) is 68.9 cm³/mol. The second-order valence-corrected chi connectivity index (χ2v) is 4.55. The summed E-state index contributed by atoms with van der Waals surface area (Å²) < 4.78 is 13.2. The van der Waals surface area contributed by atoms with Crippen LogP contribution in [0.15, 0.2) is 24.3 Å². The first-order chi connectivity index (χ1) is 8.45. The Labute approximate surface area is 107 Å². The maximum atomic E-state index is 13.2. The van der Waals surface area contributed by atoms with E-state index in [0.29, 0.717) is 0 Å². The number of carboxylic acid groups (broad SMARTS) is 1. The van der Waals surface area contributed by atoms with Crippen LogP contribution in [0.1, 0.15) is 38.8 Å². The number of halogens is 1. The molecule has 0 aromatic heterocycles. The Morgan fingerprint density at radius 2 is 2.11 bits per heavy atom. The van der Waals surface area contributed by atoms with Crippen LogP contribution < -0.4 is 0 Å². The number of carboxylic acids is 1. The van der Waals surface area contributed by atoms with Gasteiger partial charge in [-0.05, 0) is 38.0 Å². The van der Waals surface area contributed by atoms with Gasteiger partial charge in [-0.1, -0.05) is 19.1 Å². The zero-order valence-electron chi connectivity index (χ0n) is 11.1. The van der Waals surface area contributed by atoms with E-state index < -0.39 is 5.97 Å². The number of hydrogen-bond acceptors (Lipinski definition) is 2. The van der Waals surface area contributed by atoms with Crippen molar-refractivity contribution < 1.29 is 14.3 Å². The van der Waals surface area contributed by atoms with Gasteiger partial charge in [-0.25, -0.2) is 4.39 Å². The SMILES string of the molecule is CCC(C)N(CC(=O)O)C(C)c1cccc(F)c1. The molecule has 0 aliphatic carbocycles. The van der Waals surface area contributed by atoms with Crippen molar-refractivity contribution in [2.75, 3.05) is 6.54 Å². The zero-order chi connectivity index (χ0) is 13.7. The van der Waals surface area contributed by atoms with Crippen LogP contribution in [0.3, 0.4) is 0 Å². The molecule has 0 heterocycles. The highest BCUT2D eigenvalue weighted by atomic mass is 19.1. The summed E-state index contributed by atoms with van der Waals surface area (Å²) in [5.41, 5.74) is 0.802. The van der Waals surface area contributed by atoms with Gasteiger partial charge in [0.05, 0.1) is 6.54 Å². The standard InChI is InChI=1S/C14H20FNO2/c1-4-10(2)16(9-14(17)18)11(3)12-6-5-7-13(15)8-12/h5-8,10-11H,4,9H2,1-3H3,(H,17,18). The smallest absolute Gasteiger partial charge is 0.317 e. The van der Waals surface area contributed by atoms with Crippen molar-refractivity contribution in [3.8, 4) is 0 Å². The van der Waals surface area contributed by atoms with Crippen LogP contribution in [0.2, 0.25) is 0 Å². The Balaban J connectivity index is 2.94. The van der Waals surface area contributed by atoms with Crippen molar-refractivity contribution in [2.45, 2.75) is 39.3 Å². The summed E-state index contributed by atoms with van der Waals surface area (Å²) in [6.07, 6.45) is 0.854. The lowest BCUT2D eigenvalue weighted by molar-refractivity contribution is -0.139. The fourth-order valence-electron chi connectivity index (χ4n) is 2.02. The van der Waals surface area contributed by atoms with Crippen LogP contribution in [0.4, 0.5) is 4.39 Å². The topological polar surface area (TPSA) is 40.5 Å². The van der Waals surface area contributed by atoms with Gasteiger partial charge in [0.15, 0.2) is 0 Å². The molecular weight excluding hydrogens is 233 g/mol. The van der Waals surface area contributed by atoms with Gasteiger partial charge in [-0.2, -0.15) is 0 Å². The number of hydrogen-bond donors (Lipinski definition) is 1. The van der Waals surface area contributed by atoms with Crippen LogP contribution in [-0.2, 0) is 4.79 Å². The van der Waals surface area contributed by atoms with Crippen LogP contribution in [0, 0.1) is 5.82 Å². The summed E-state index contributed by atoms with van der Waals surface area (Å²) in [5, 5.41) is 8.96. The molecular formula is C14H20FNO2. The Kier molecular flexibility index (Phi) is 5.28. The number of aliphatic carboxylic acids is 1. The molecule has 3 nitrogen and oxygen atoms in total. The molecule has 0 radical (unpaired) electrons. The molecule has 100 valence electrons. The quantitative estimate of drug-likeness (QED) is 0.847. The van der Waals surface area contributed by atoms with E-state index in [1.807, 2.05) is 31.7 Å². The molecule has 0 saturated heterocycles. The van der Waals surface area contributed by atoms with Crippen LogP contribution >= 0.6 is 0 Å². The van der Waals surface area contributed by atoms with E-state index in [2.05, 4.69) is 0 Å². The second kappa shape index (κ2) is 6.50. The number of benzene rings is 1. The highest BCUT2D eigenvalue weighted by Crippen LogP contribution is 2.23. The minimum absolute atomic E-state index is 0.0350. The number of nitrogens with zero attached hydrogens (tertiary/aromatic N) is 1. The molecule has 1 N–H and O–H groups in total. The van der Waals surface area contributed by atoms with Gasteiger partial charge in [0, 0.05) is 12.1 Å². The van der Waals surface area contributed by atoms with E-state index >= 15 is 0 Å². The third-order valence-electron chi connectivity index (χ3n) is 3.30. The van der Waals surface area contributed by atoms with Gasteiger partial charge in [0.25, 0.3) is 0 Å². The van der Waals surface area contributed by atoms with Crippen LogP contribution in [-0.4, -0.2) is 28.6 Å². The highest BCUT2D eigenvalue weighted by Gasteiger charge is 2.22. The third-order valence-corrected chi connectivity index (χ3v) is 3.30.